The van der Waals surface area contributed by atoms with Gasteiger partial charge in [0.2, 0.25) is 0 Å². The summed E-state index contributed by atoms with van der Waals surface area (Å²) in [5.74, 6) is 1.98. The molecule has 0 radical (unpaired) electrons. The Morgan fingerprint density at radius 2 is 1.62 bits per heavy atom. The molecule has 0 atom stereocenters. The minimum absolute atomic E-state index is 0.559. The highest BCUT2D eigenvalue weighted by Gasteiger charge is 2.47. The topological polar surface area (TPSA) is 18.5 Å². The van der Waals surface area contributed by atoms with Crippen LogP contribution in [0, 0.1) is 6.92 Å². The lowest BCUT2D eigenvalue weighted by molar-refractivity contribution is 0.405. The molecule has 0 N–H and O–H groups in total. The standard InChI is InChI=1S/C22H37BrO2Si/c1-15(2)26(16(3)4,17(5)6)25-21-12-19(8)22(24-9)20(13-21)11-10-18(7)14-23/h10,12-13,15-17H,11,14H2,1-9H3/b18-10+. The first kappa shape index (κ1) is 23.3. The Bertz CT molecular complexity index is 599. The molecule has 0 unspecified atom stereocenters. The van der Waals surface area contributed by atoms with Crippen LogP contribution in [0.2, 0.25) is 16.6 Å². The quantitative estimate of drug-likeness (QED) is 0.225. The lowest BCUT2D eigenvalue weighted by Gasteiger charge is -2.42. The summed E-state index contributed by atoms with van der Waals surface area (Å²) in [6.45, 7) is 18.2. The number of allylic oxidation sites excluding steroid dienone is 2. The van der Waals surface area contributed by atoms with Gasteiger partial charge in [-0.1, -0.05) is 69.1 Å². The van der Waals surface area contributed by atoms with Gasteiger partial charge in [-0.15, -0.1) is 0 Å². The van der Waals surface area contributed by atoms with Gasteiger partial charge in [0.05, 0.1) is 7.11 Å². The first-order chi connectivity index (χ1) is 12.1. The minimum atomic E-state index is -1.96. The van der Waals surface area contributed by atoms with Crippen LogP contribution >= 0.6 is 15.9 Å². The van der Waals surface area contributed by atoms with Crippen LogP contribution < -0.4 is 9.16 Å². The summed E-state index contributed by atoms with van der Waals surface area (Å²) >= 11 is 3.52. The smallest absolute Gasteiger partial charge is 0.258 e. The van der Waals surface area contributed by atoms with Crippen molar-refractivity contribution in [2.24, 2.45) is 0 Å². The van der Waals surface area contributed by atoms with E-state index in [2.05, 4.69) is 89.5 Å². The van der Waals surface area contributed by atoms with E-state index >= 15 is 0 Å². The Labute approximate surface area is 170 Å². The molecule has 0 aliphatic carbocycles. The van der Waals surface area contributed by atoms with Gasteiger partial charge in [0.15, 0.2) is 0 Å². The molecular weight excluding hydrogens is 404 g/mol. The van der Waals surface area contributed by atoms with Crippen LogP contribution in [0.3, 0.4) is 0 Å². The fourth-order valence-electron chi connectivity index (χ4n) is 4.21. The number of hydrogen-bond donors (Lipinski definition) is 0. The average molecular weight is 442 g/mol. The molecule has 0 aromatic heterocycles. The maximum atomic E-state index is 6.89. The third-order valence-electron chi connectivity index (χ3n) is 5.41. The molecular formula is C22H37BrO2Si. The Kier molecular flexibility index (Phi) is 8.94. The lowest BCUT2D eigenvalue weighted by Crippen LogP contribution is -2.50. The predicted octanol–water partition coefficient (Wildman–Crippen LogP) is 7.44. The Morgan fingerprint density at radius 1 is 1.08 bits per heavy atom. The summed E-state index contributed by atoms with van der Waals surface area (Å²) in [7, 11) is -0.204. The van der Waals surface area contributed by atoms with E-state index in [4.69, 9.17) is 9.16 Å². The van der Waals surface area contributed by atoms with Crippen LogP contribution in [-0.2, 0) is 6.42 Å². The van der Waals surface area contributed by atoms with E-state index in [0.717, 1.165) is 28.8 Å². The second-order valence-corrected chi connectivity index (χ2v) is 14.2. The van der Waals surface area contributed by atoms with Crippen molar-refractivity contribution in [3.8, 4) is 11.5 Å². The van der Waals surface area contributed by atoms with Gasteiger partial charge in [0.25, 0.3) is 8.32 Å². The first-order valence-electron chi connectivity index (χ1n) is 9.68. The normalized spacial score (nSPS) is 13.0. The zero-order chi connectivity index (χ0) is 20.1. The van der Waals surface area contributed by atoms with Crippen LogP contribution in [0.5, 0.6) is 11.5 Å². The van der Waals surface area contributed by atoms with Crippen LogP contribution in [0.25, 0.3) is 0 Å². The van der Waals surface area contributed by atoms with Crippen LogP contribution in [0.4, 0.5) is 0 Å². The molecule has 148 valence electrons. The SMILES string of the molecule is COc1c(C)cc(O[Si](C(C)C)(C(C)C)C(C)C)cc1C/C=C(\C)CBr. The average Bonchev–Trinajstić information content (AvgIpc) is 2.56. The van der Waals surface area contributed by atoms with E-state index < -0.39 is 8.32 Å². The number of hydrogen-bond acceptors (Lipinski definition) is 2. The lowest BCUT2D eigenvalue weighted by atomic mass is 10.0. The van der Waals surface area contributed by atoms with Crippen molar-refractivity contribution in [2.45, 2.75) is 78.4 Å². The number of ether oxygens (including phenoxy) is 1. The molecule has 0 aliphatic heterocycles. The molecule has 0 aliphatic rings. The maximum Gasteiger partial charge on any atom is 0.258 e. The van der Waals surface area contributed by atoms with Gasteiger partial charge in [-0.25, -0.2) is 0 Å². The molecule has 1 aromatic rings. The molecule has 0 spiro atoms. The van der Waals surface area contributed by atoms with E-state index in [1.54, 1.807) is 7.11 Å². The monoisotopic (exact) mass is 440 g/mol. The molecule has 0 bridgehead atoms. The highest BCUT2D eigenvalue weighted by Crippen LogP contribution is 2.43. The van der Waals surface area contributed by atoms with Crippen LogP contribution in [0.1, 0.15) is 59.6 Å². The number of aryl methyl sites for hydroxylation is 1. The third kappa shape index (κ3) is 5.16. The van der Waals surface area contributed by atoms with E-state index in [0.29, 0.717) is 16.6 Å². The van der Waals surface area contributed by atoms with E-state index in [9.17, 15) is 0 Å². The highest BCUT2D eigenvalue weighted by molar-refractivity contribution is 9.09. The second kappa shape index (κ2) is 9.98. The summed E-state index contributed by atoms with van der Waals surface area (Å²) in [6, 6.07) is 4.34. The Hall–Kier alpha value is -0.743. The van der Waals surface area contributed by atoms with Gasteiger partial charge in [0, 0.05) is 10.9 Å². The van der Waals surface area contributed by atoms with Crippen molar-refractivity contribution < 1.29 is 9.16 Å². The molecule has 1 rings (SSSR count). The van der Waals surface area contributed by atoms with Crippen molar-refractivity contribution in [1.29, 1.82) is 0 Å². The molecule has 0 heterocycles. The summed E-state index contributed by atoms with van der Waals surface area (Å²) in [5.41, 5.74) is 5.34. The number of halogens is 1. The predicted molar refractivity (Wildman–Crippen MR) is 121 cm³/mol. The summed E-state index contributed by atoms with van der Waals surface area (Å²) in [5, 5.41) is 0.897. The van der Waals surface area contributed by atoms with Gasteiger partial charge in [-0.2, -0.15) is 0 Å². The number of benzene rings is 1. The van der Waals surface area contributed by atoms with E-state index in [1.807, 2.05) is 0 Å². The molecule has 26 heavy (non-hydrogen) atoms. The van der Waals surface area contributed by atoms with Gasteiger partial charge in [-0.3, -0.25) is 0 Å². The summed E-state index contributed by atoms with van der Waals surface area (Å²) < 4.78 is 12.6. The second-order valence-electron chi connectivity index (χ2n) is 8.24. The van der Waals surface area contributed by atoms with Gasteiger partial charge in [0.1, 0.15) is 11.5 Å². The zero-order valence-corrected chi connectivity index (χ0v) is 20.7. The molecule has 4 heteroatoms. The third-order valence-corrected chi connectivity index (χ3v) is 12.3. The van der Waals surface area contributed by atoms with Crippen LogP contribution in [-0.4, -0.2) is 20.8 Å². The van der Waals surface area contributed by atoms with Crippen molar-refractivity contribution >= 4 is 24.2 Å². The molecule has 0 saturated heterocycles. The fraction of sp³-hybridized carbons (Fsp3) is 0.636. The zero-order valence-electron chi connectivity index (χ0n) is 18.1. The maximum absolute atomic E-state index is 6.89. The van der Waals surface area contributed by atoms with Gasteiger partial charge >= 0.3 is 0 Å². The molecule has 2 nitrogen and oxygen atoms in total. The van der Waals surface area contributed by atoms with Crippen molar-refractivity contribution in [3.63, 3.8) is 0 Å². The first-order valence-corrected chi connectivity index (χ1v) is 12.9. The number of rotatable bonds is 9. The Morgan fingerprint density at radius 3 is 2.04 bits per heavy atom. The van der Waals surface area contributed by atoms with Crippen LogP contribution in [0.15, 0.2) is 23.8 Å². The van der Waals surface area contributed by atoms with E-state index in [1.165, 1.54) is 11.1 Å². The highest BCUT2D eigenvalue weighted by atomic mass is 79.9. The number of methoxy groups -OCH3 is 1. The van der Waals surface area contributed by atoms with Crippen molar-refractivity contribution in [2.75, 3.05) is 12.4 Å². The van der Waals surface area contributed by atoms with Gasteiger partial charge in [-0.05, 0) is 54.6 Å². The summed E-state index contributed by atoms with van der Waals surface area (Å²) in [6.07, 6.45) is 3.12. The molecule has 0 saturated carbocycles. The molecule has 1 aromatic carbocycles. The fourth-order valence-corrected chi connectivity index (χ4v) is 9.67. The van der Waals surface area contributed by atoms with Crippen molar-refractivity contribution in [3.05, 3.63) is 34.9 Å². The molecule has 0 fully saturated rings. The Balaban J connectivity index is 3.38. The minimum Gasteiger partial charge on any atom is -0.543 e. The number of alkyl halides is 1. The van der Waals surface area contributed by atoms with Crippen molar-refractivity contribution in [1.82, 2.24) is 0 Å². The summed E-state index contributed by atoms with van der Waals surface area (Å²) in [4.78, 5) is 0. The van der Waals surface area contributed by atoms with E-state index in [-0.39, 0.29) is 0 Å². The largest absolute Gasteiger partial charge is 0.543 e. The van der Waals surface area contributed by atoms with Gasteiger partial charge < -0.3 is 9.16 Å². The molecule has 0 amide bonds.